The molecule has 0 atom stereocenters. The number of ether oxygens (including phenoxy) is 1. The predicted octanol–water partition coefficient (Wildman–Crippen LogP) is 2.25. The highest BCUT2D eigenvalue weighted by Crippen LogP contribution is 2.25. The number of aromatic nitrogens is 1. The molecule has 0 aliphatic heterocycles. The second-order valence-corrected chi connectivity index (χ2v) is 3.65. The average Bonchev–Trinajstić information content (AvgIpc) is 2.16. The van der Waals surface area contributed by atoms with Crippen LogP contribution in [0.1, 0.15) is 29.4 Å². The Labute approximate surface area is 97.7 Å². The first-order valence-corrected chi connectivity index (χ1v) is 5.14. The molecule has 0 aliphatic rings. The average molecular weight is 296 g/mol. The number of aromatic amines is 1. The van der Waals surface area contributed by atoms with E-state index in [9.17, 15) is 18.4 Å². The number of halogens is 3. The number of nitrogens with one attached hydrogen (secondary N) is 1. The molecule has 1 aromatic rings. The van der Waals surface area contributed by atoms with Crippen molar-refractivity contribution in [1.29, 1.82) is 0 Å². The minimum absolute atomic E-state index is 0.00926. The number of carbonyl (C=O) groups is 1. The number of hydrogen-bond acceptors (Lipinski definition) is 3. The normalized spacial score (nSPS) is 10.6. The molecule has 0 aromatic carbocycles. The van der Waals surface area contributed by atoms with Crippen LogP contribution in [0.25, 0.3) is 0 Å². The summed E-state index contributed by atoms with van der Waals surface area (Å²) >= 11 is 2.88. The second-order valence-electron chi connectivity index (χ2n) is 2.79. The molecule has 4 nitrogen and oxygen atoms in total. The van der Waals surface area contributed by atoms with Gasteiger partial charge >= 0.3 is 5.97 Å². The van der Waals surface area contributed by atoms with Gasteiger partial charge in [0.15, 0.2) is 0 Å². The van der Waals surface area contributed by atoms with Gasteiger partial charge in [-0.25, -0.2) is 13.6 Å². The lowest BCUT2D eigenvalue weighted by molar-refractivity contribution is 0.0512. The topological polar surface area (TPSA) is 59.2 Å². The van der Waals surface area contributed by atoms with Gasteiger partial charge in [0.1, 0.15) is 5.69 Å². The van der Waals surface area contributed by atoms with Crippen LogP contribution in [0.15, 0.2) is 15.3 Å². The van der Waals surface area contributed by atoms with Gasteiger partial charge in [0, 0.05) is 10.5 Å². The summed E-state index contributed by atoms with van der Waals surface area (Å²) in [5, 5.41) is 0. The van der Waals surface area contributed by atoms with Crippen LogP contribution < -0.4 is 5.56 Å². The summed E-state index contributed by atoms with van der Waals surface area (Å²) in [6.07, 6.45) is -2.95. The van der Waals surface area contributed by atoms with Crippen LogP contribution in [0.2, 0.25) is 0 Å². The molecule has 0 amide bonds. The van der Waals surface area contributed by atoms with E-state index >= 15 is 0 Å². The Bertz CT molecular complexity index is 459. The SMILES string of the molecule is CCOC(=O)c1c(Br)cc(=O)[nH]c1C(F)F. The standard InChI is InChI=1S/C9H8BrF2NO3/c1-2-16-9(15)6-4(10)3-5(14)13-7(6)8(11)12/h3,8H,2H2,1H3,(H,13,14). The summed E-state index contributed by atoms with van der Waals surface area (Å²) in [6.45, 7) is 1.62. The zero-order chi connectivity index (χ0) is 12.3. The Hall–Kier alpha value is -1.24. The van der Waals surface area contributed by atoms with Gasteiger partial charge in [0.2, 0.25) is 5.56 Å². The van der Waals surface area contributed by atoms with Crippen LogP contribution in [0.4, 0.5) is 8.78 Å². The quantitative estimate of drug-likeness (QED) is 0.870. The van der Waals surface area contributed by atoms with Gasteiger partial charge in [-0.2, -0.15) is 0 Å². The summed E-state index contributed by atoms with van der Waals surface area (Å²) in [6, 6.07) is 0.998. The van der Waals surface area contributed by atoms with Crippen LogP contribution in [-0.2, 0) is 4.74 Å². The van der Waals surface area contributed by atoms with E-state index in [0.29, 0.717) is 0 Å². The molecule has 16 heavy (non-hydrogen) atoms. The third-order valence-corrected chi connectivity index (χ3v) is 2.35. The van der Waals surface area contributed by atoms with Crippen molar-refractivity contribution in [3.63, 3.8) is 0 Å². The molecule has 7 heteroatoms. The van der Waals surface area contributed by atoms with Gasteiger partial charge < -0.3 is 9.72 Å². The van der Waals surface area contributed by atoms with Gasteiger partial charge in [-0.15, -0.1) is 0 Å². The fourth-order valence-corrected chi connectivity index (χ4v) is 1.70. The van der Waals surface area contributed by atoms with E-state index in [0.717, 1.165) is 6.07 Å². The lowest BCUT2D eigenvalue weighted by Gasteiger charge is -2.09. The Morgan fingerprint density at radius 1 is 1.62 bits per heavy atom. The third-order valence-electron chi connectivity index (χ3n) is 1.72. The number of pyridine rings is 1. The third kappa shape index (κ3) is 2.66. The smallest absolute Gasteiger partial charge is 0.341 e. The minimum Gasteiger partial charge on any atom is -0.462 e. The van der Waals surface area contributed by atoms with Crippen molar-refractivity contribution in [1.82, 2.24) is 4.98 Å². The molecule has 1 rings (SSSR count). The maximum atomic E-state index is 12.6. The van der Waals surface area contributed by atoms with Gasteiger partial charge in [-0.05, 0) is 22.9 Å². The molecule has 0 bridgehead atoms. The minimum atomic E-state index is -2.95. The zero-order valence-corrected chi connectivity index (χ0v) is 9.81. The van der Waals surface area contributed by atoms with Crippen molar-refractivity contribution in [3.05, 3.63) is 32.2 Å². The number of carbonyl (C=O) groups excluding carboxylic acids is 1. The number of hydrogen-bond donors (Lipinski definition) is 1. The Morgan fingerprint density at radius 2 is 2.25 bits per heavy atom. The summed E-state index contributed by atoms with van der Waals surface area (Å²) in [7, 11) is 0. The Balaban J connectivity index is 3.35. The van der Waals surface area contributed by atoms with Crippen molar-refractivity contribution >= 4 is 21.9 Å². The first-order valence-electron chi connectivity index (χ1n) is 4.35. The van der Waals surface area contributed by atoms with E-state index in [1.165, 1.54) is 0 Å². The van der Waals surface area contributed by atoms with E-state index in [1.54, 1.807) is 6.92 Å². The van der Waals surface area contributed by atoms with E-state index in [4.69, 9.17) is 0 Å². The molecule has 0 fully saturated rings. The molecule has 0 saturated heterocycles. The van der Waals surface area contributed by atoms with Crippen LogP contribution in [0.3, 0.4) is 0 Å². The van der Waals surface area contributed by atoms with E-state index in [2.05, 4.69) is 20.7 Å². The fraction of sp³-hybridized carbons (Fsp3) is 0.333. The monoisotopic (exact) mass is 295 g/mol. The van der Waals surface area contributed by atoms with Gasteiger partial charge in [-0.1, -0.05) is 0 Å². The van der Waals surface area contributed by atoms with Crippen molar-refractivity contribution in [2.24, 2.45) is 0 Å². The van der Waals surface area contributed by atoms with Crippen LogP contribution >= 0.6 is 15.9 Å². The molecule has 0 unspecified atom stereocenters. The van der Waals surface area contributed by atoms with Crippen LogP contribution in [0.5, 0.6) is 0 Å². The lowest BCUT2D eigenvalue weighted by atomic mass is 10.2. The molecular weight excluding hydrogens is 288 g/mol. The number of rotatable bonds is 3. The van der Waals surface area contributed by atoms with E-state index in [1.807, 2.05) is 4.98 Å². The summed E-state index contributed by atoms with van der Waals surface area (Å²) in [5.74, 6) is -0.902. The molecule has 0 spiro atoms. The highest BCUT2D eigenvalue weighted by Gasteiger charge is 2.23. The molecule has 0 radical (unpaired) electrons. The summed E-state index contributed by atoms with van der Waals surface area (Å²) < 4.78 is 29.8. The van der Waals surface area contributed by atoms with Crippen molar-refractivity contribution < 1.29 is 18.3 Å². The fourth-order valence-electron chi connectivity index (χ4n) is 1.12. The Morgan fingerprint density at radius 3 is 2.75 bits per heavy atom. The van der Waals surface area contributed by atoms with E-state index in [-0.39, 0.29) is 16.6 Å². The highest BCUT2D eigenvalue weighted by molar-refractivity contribution is 9.10. The first-order chi connectivity index (χ1) is 7.47. The number of esters is 1. The van der Waals surface area contributed by atoms with Crippen molar-refractivity contribution in [3.8, 4) is 0 Å². The number of H-pyrrole nitrogens is 1. The molecule has 0 aliphatic carbocycles. The summed E-state index contributed by atoms with van der Waals surface area (Å²) in [5.41, 5.74) is -1.80. The van der Waals surface area contributed by atoms with Crippen LogP contribution in [0, 0.1) is 0 Å². The molecule has 88 valence electrons. The van der Waals surface area contributed by atoms with Crippen LogP contribution in [-0.4, -0.2) is 17.6 Å². The number of alkyl halides is 2. The maximum Gasteiger partial charge on any atom is 0.341 e. The largest absolute Gasteiger partial charge is 0.462 e. The van der Waals surface area contributed by atoms with Gasteiger partial charge in [0.05, 0.1) is 12.2 Å². The summed E-state index contributed by atoms with van der Waals surface area (Å²) in [4.78, 5) is 24.3. The maximum absolute atomic E-state index is 12.6. The van der Waals surface area contributed by atoms with Gasteiger partial charge in [-0.3, -0.25) is 4.79 Å². The van der Waals surface area contributed by atoms with Gasteiger partial charge in [0.25, 0.3) is 6.43 Å². The zero-order valence-electron chi connectivity index (χ0n) is 8.22. The van der Waals surface area contributed by atoms with E-state index < -0.39 is 23.6 Å². The predicted molar refractivity (Wildman–Crippen MR) is 55.7 cm³/mol. The van der Waals surface area contributed by atoms with Crippen molar-refractivity contribution in [2.75, 3.05) is 6.61 Å². The van der Waals surface area contributed by atoms with Crippen molar-refractivity contribution in [2.45, 2.75) is 13.3 Å². The molecule has 1 aromatic heterocycles. The molecule has 1 N–H and O–H groups in total. The lowest BCUT2D eigenvalue weighted by Crippen LogP contribution is -2.17. The molecule has 1 heterocycles. The Kier molecular flexibility index (Phi) is 4.17. The molecule has 0 saturated carbocycles. The first kappa shape index (κ1) is 12.8. The second kappa shape index (κ2) is 5.20. The highest BCUT2D eigenvalue weighted by atomic mass is 79.9. The molecular formula is C9H8BrF2NO3.